The quantitative estimate of drug-likeness (QED) is 0.132. The van der Waals surface area contributed by atoms with Crippen LogP contribution in [0.25, 0.3) is 0 Å². The lowest BCUT2D eigenvalue weighted by Gasteiger charge is -2.13. The van der Waals surface area contributed by atoms with E-state index in [9.17, 15) is 27.6 Å². The molecule has 0 radical (unpaired) electrons. The molecule has 1 fully saturated rings. The van der Waals surface area contributed by atoms with Gasteiger partial charge in [0.25, 0.3) is 11.8 Å². The second kappa shape index (κ2) is 11.9. The van der Waals surface area contributed by atoms with Gasteiger partial charge in [0.1, 0.15) is 15.8 Å². The number of hydrogen-bond donors (Lipinski definition) is 3. The summed E-state index contributed by atoms with van der Waals surface area (Å²) in [7, 11) is 0. The molecule has 0 unspecified atom stereocenters. The van der Waals surface area contributed by atoms with Crippen molar-refractivity contribution in [1.82, 2.24) is 0 Å². The molecule has 1 aliphatic carbocycles. The predicted octanol–water partition coefficient (Wildman–Crippen LogP) is 8.78. The van der Waals surface area contributed by atoms with Gasteiger partial charge >= 0.3 is 0 Å². The molecule has 0 saturated heterocycles. The molecule has 0 spiro atoms. The summed E-state index contributed by atoms with van der Waals surface area (Å²) in [6.07, 6.45) is 0. The molecule has 15 heteroatoms. The first-order valence-electron chi connectivity index (χ1n) is 11.2. The molecule has 3 aromatic rings. The van der Waals surface area contributed by atoms with Crippen molar-refractivity contribution in [3.05, 3.63) is 97.7 Å². The Kier molecular flexibility index (Phi) is 9.09. The van der Waals surface area contributed by atoms with Crippen LogP contribution in [0.15, 0.2) is 54.9 Å². The zero-order valence-electron chi connectivity index (χ0n) is 20.0. The lowest BCUT2D eigenvalue weighted by Crippen LogP contribution is -2.19. The third-order valence-electron chi connectivity index (χ3n) is 6.00. The highest BCUT2D eigenvalue weighted by Crippen LogP contribution is 2.65. The van der Waals surface area contributed by atoms with E-state index in [1.165, 1.54) is 30.3 Å². The molecule has 1 aliphatic rings. The van der Waals surface area contributed by atoms with E-state index in [1.807, 2.05) is 0 Å². The molecule has 0 heterocycles. The Morgan fingerprint density at radius 2 is 1.49 bits per heavy atom. The average Bonchev–Trinajstić information content (AvgIpc) is 3.49. The van der Waals surface area contributed by atoms with Crippen LogP contribution in [-0.4, -0.2) is 22.1 Å². The number of hydrogen-bond acceptors (Lipinski definition) is 3. The van der Waals surface area contributed by atoms with Crippen molar-refractivity contribution in [1.29, 1.82) is 0 Å². The van der Waals surface area contributed by atoms with Gasteiger partial charge in [-0.1, -0.05) is 53.0 Å². The van der Waals surface area contributed by atoms with Crippen LogP contribution in [0.5, 0.6) is 0 Å². The minimum atomic E-state index is -1.50. The largest absolute Gasteiger partial charge is 0.326 e. The van der Waals surface area contributed by atoms with Crippen molar-refractivity contribution in [3.8, 4) is 0 Å². The van der Waals surface area contributed by atoms with Gasteiger partial charge < -0.3 is 16.0 Å². The number of rotatable bonds is 7. The van der Waals surface area contributed by atoms with Crippen molar-refractivity contribution >= 4 is 104 Å². The van der Waals surface area contributed by atoms with E-state index in [2.05, 4.69) is 17.2 Å². The second-order valence-electron chi connectivity index (χ2n) is 8.71. The van der Waals surface area contributed by atoms with Crippen LogP contribution in [0, 0.1) is 17.6 Å². The Bertz CT molecular complexity index is 1610. The Hall–Kier alpha value is -2.66. The number of alkyl halides is 2. The van der Waals surface area contributed by atoms with Crippen LogP contribution in [0.4, 0.5) is 30.2 Å². The number of nitrogens with one attached hydrogen (secondary N) is 3. The monoisotopic (exact) mass is 683 g/mol. The van der Waals surface area contributed by atoms with Crippen molar-refractivity contribution in [2.75, 3.05) is 16.0 Å². The highest BCUT2D eigenvalue weighted by Gasteiger charge is 2.67. The van der Waals surface area contributed by atoms with Crippen molar-refractivity contribution in [3.63, 3.8) is 0 Å². The van der Waals surface area contributed by atoms with Crippen molar-refractivity contribution < 1.29 is 27.6 Å². The highest BCUT2D eigenvalue weighted by atomic mass is 35.5. The molecule has 0 bridgehead atoms. The molecule has 214 valence electrons. The SMILES string of the molecule is C=C(F)C(=O)Nc1c(F)ccc(NC(=O)c2cc(NC(=O)[C@H]3[C@H](c4cc(Cl)c(Cl)c(Cl)c4)C3(Cl)Cl)ccc2Cl)c1F. The van der Waals surface area contributed by atoms with Crippen LogP contribution < -0.4 is 16.0 Å². The summed E-state index contributed by atoms with van der Waals surface area (Å²) in [4.78, 5) is 37.5. The number of benzene rings is 3. The van der Waals surface area contributed by atoms with Crippen LogP contribution in [0.3, 0.4) is 0 Å². The first-order chi connectivity index (χ1) is 19.1. The molecular weight excluding hydrogens is 672 g/mol. The standard InChI is InChI=1S/C26H14Cl6F3N3O3/c1-9(33)23(39)38-22-16(34)4-5-17(21(22)35)37-24(40)12-8-11(2-3-13(12)27)36-25(41)19-18(26(19,31)32)10-6-14(28)20(30)15(29)7-10/h2-8,18-19H,1H2,(H,36,41)(H,37,40)(H,38,39)/t18-,19+/m0/s1. The summed E-state index contributed by atoms with van der Waals surface area (Å²) in [5, 5.41) is 6.82. The number of carbonyl (C=O) groups is 3. The van der Waals surface area contributed by atoms with E-state index in [-0.39, 0.29) is 31.3 Å². The molecule has 3 amide bonds. The highest BCUT2D eigenvalue weighted by molar-refractivity contribution is 6.54. The van der Waals surface area contributed by atoms with E-state index in [1.54, 1.807) is 5.32 Å². The second-order valence-corrected chi connectivity index (χ2v) is 11.8. The maximum Gasteiger partial charge on any atom is 0.283 e. The molecule has 6 nitrogen and oxygen atoms in total. The Labute approximate surface area is 260 Å². The minimum absolute atomic E-state index is 0.0796. The zero-order chi connectivity index (χ0) is 30.4. The van der Waals surface area contributed by atoms with Crippen molar-refractivity contribution in [2.24, 2.45) is 5.92 Å². The minimum Gasteiger partial charge on any atom is -0.326 e. The first-order valence-corrected chi connectivity index (χ1v) is 13.5. The van der Waals surface area contributed by atoms with Crippen LogP contribution in [0.2, 0.25) is 20.1 Å². The normalized spacial score (nSPS) is 17.0. The van der Waals surface area contributed by atoms with Gasteiger partial charge in [0.05, 0.1) is 37.3 Å². The van der Waals surface area contributed by atoms with Gasteiger partial charge in [0.15, 0.2) is 11.6 Å². The molecule has 3 N–H and O–H groups in total. The van der Waals surface area contributed by atoms with Crippen LogP contribution in [-0.2, 0) is 9.59 Å². The molecule has 1 saturated carbocycles. The van der Waals surface area contributed by atoms with E-state index in [0.717, 1.165) is 12.1 Å². The molecule has 4 rings (SSSR count). The lowest BCUT2D eigenvalue weighted by atomic mass is 10.1. The summed E-state index contributed by atoms with van der Waals surface area (Å²) in [6.45, 7) is 2.74. The van der Waals surface area contributed by atoms with E-state index in [4.69, 9.17) is 69.6 Å². The first kappa shape index (κ1) is 31.3. The van der Waals surface area contributed by atoms with Crippen molar-refractivity contribution in [2.45, 2.75) is 10.3 Å². The topological polar surface area (TPSA) is 87.3 Å². The molecular formula is C26H14Cl6F3N3O3. The predicted molar refractivity (Wildman–Crippen MR) is 155 cm³/mol. The van der Waals surface area contributed by atoms with Gasteiger partial charge in [0, 0.05) is 11.6 Å². The van der Waals surface area contributed by atoms with Gasteiger partial charge in [-0.15, -0.1) is 23.2 Å². The maximum absolute atomic E-state index is 14.8. The zero-order valence-corrected chi connectivity index (χ0v) is 24.6. The summed E-state index contributed by atoms with van der Waals surface area (Å²) in [6, 6.07) is 8.50. The fourth-order valence-electron chi connectivity index (χ4n) is 3.95. The summed E-state index contributed by atoms with van der Waals surface area (Å²) >= 11 is 37.1. The summed E-state index contributed by atoms with van der Waals surface area (Å²) < 4.78 is 40.4. The smallest absolute Gasteiger partial charge is 0.283 e. The Morgan fingerprint density at radius 3 is 2.10 bits per heavy atom. The lowest BCUT2D eigenvalue weighted by molar-refractivity contribution is -0.117. The van der Waals surface area contributed by atoms with Gasteiger partial charge in [-0.25, -0.2) is 13.2 Å². The number of halogens is 9. The molecule has 0 aromatic heterocycles. The maximum atomic E-state index is 14.8. The fourth-order valence-corrected chi connectivity index (χ4v) is 5.60. The molecule has 0 aliphatic heterocycles. The number of amides is 3. The average molecular weight is 686 g/mol. The van der Waals surface area contributed by atoms with E-state index < -0.39 is 62.7 Å². The van der Waals surface area contributed by atoms with Gasteiger partial charge in [-0.2, -0.15) is 0 Å². The fraction of sp³-hybridized carbons (Fsp3) is 0.115. The number of anilines is 3. The van der Waals surface area contributed by atoms with E-state index in [0.29, 0.717) is 5.56 Å². The third kappa shape index (κ3) is 6.40. The molecule has 3 aromatic carbocycles. The van der Waals surface area contributed by atoms with Gasteiger partial charge in [-0.05, 0) is 48.0 Å². The third-order valence-corrected chi connectivity index (χ3v) is 8.47. The van der Waals surface area contributed by atoms with Gasteiger partial charge in [-0.3, -0.25) is 14.4 Å². The van der Waals surface area contributed by atoms with Crippen LogP contribution in [0.1, 0.15) is 21.8 Å². The molecule has 41 heavy (non-hydrogen) atoms. The van der Waals surface area contributed by atoms with E-state index >= 15 is 0 Å². The van der Waals surface area contributed by atoms with Crippen LogP contribution >= 0.6 is 69.6 Å². The molecule has 2 atom stereocenters. The Morgan fingerprint density at radius 1 is 0.854 bits per heavy atom. The Balaban J connectivity index is 1.53. The summed E-state index contributed by atoms with van der Waals surface area (Å²) in [5.41, 5.74) is -1.18. The number of carbonyl (C=O) groups excluding carboxylic acids is 3. The summed E-state index contributed by atoms with van der Waals surface area (Å²) in [5.74, 6) is -8.75. The van der Waals surface area contributed by atoms with Gasteiger partial charge in [0.2, 0.25) is 5.91 Å².